The topological polar surface area (TPSA) is 36.4 Å². The maximum atomic E-state index is 13.4. The van der Waals surface area contributed by atoms with Gasteiger partial charge < -0.3 is 9.80 Å². The van der Waals surface area contributed by atoms with E-state index in [1.807, 2.05) is 18.7 Å². The minimum absolute atomic E-state index is 0.0778. The number of hydrogen-bond acceptors (Lipinski definition) is 4. The van der Waals surface area contributed by atoms with E-state index in [2.05, 4.69) is 23.7 Å². The number of carbonyl (C=O) groups is 1. The molecule has 27 heavy (non-hydrogen) atoms. The van der Waals surface area contributed by atoms with Crippen molar-refractivity contribution in [1.82, 2.24) is 14.8 Å². The van der Waals surface area contributed by atoms with Crippen LogP contribution < -0.4 is 0 Å². The Kier molecular flexibility index (Phi) is 6.27. The van der Waals surface area contributed by atoms with Gasteiger partial charge in [-0.3, -0.25) is 4.79 Å². The van der Waals surface area contributed by atoms with E-state index in [1.54, 1.807) is 6.07 Å². The van der Waals surface area contributed by atoms with Crippen molar-refractivity contribution in [2.24, 2.45) is 0 Å². The van der Waals surface area contributed by atoms with Crippen molar-refractivity contribution in [2.75, 3.05) is 26.2 Å². The van der Waals surface area contributed by atoms with E-state index in [0.717, 1.165) is 60.8 Å². The van der Waals surface area contributed by atoms with E-state index in [9.17, 15) is 9.18 Å². The predicted octanol–water partition coefficient (Wildman–Crippen LogP) is 4.51. The van der Waals surface area contributed by atoms with Gasteiger partial charge in [-0.15, -0.1) is 11.3 Å². The van der Waals surface area contributed by atoms with Crippen LogP contribution in [0.4, 0.5) is 4.39 Å². The molecule has 0 bridgehead atoms. The molecule has 0 atom stereocenters. The van der Waals surface area contributed by atoms with Gasteiger partial charge in [0.1, 0.15) is 15.7 Å². The van der Waals surface area contributed by atoms with Gasteiger partial charge in [-0.2, -0.15) is 0 Å². The highest BCUT2D eigenvalue weighted by Gasteiger charge is 2.28. The third-order valence-electron chi connectivity index (χ3n) is 5.49. The molecule has 146 valence electrons. The number of hydrogen-bond donors (Lipinski definition) is 0. The first-order valence-electron chi connectivity index (χ1n) is 9.71. The average molecular weight is 390 g/mol. The quantitative estimate of drug-likeness (QED) is 0.755. The minimum Gasteiger partial charge on any atom is -0.338 e. The van der Waals surface area contributed by atoms with Crippen LogP contribution in [0.15, 0.2) is 18.2 Å². The van der Waals surface area contributed by atoms with Gasteiger partial charge in [-0.1, -0.05) is 13.8 Å². The van der Waals surface area contributed by atoms with Gasteiger partial charge in [0.15, 0.2) is 0 Å². The molecule has 1 aromatic carbocycles. The Morgan fingerprint density at radius 3 is 2.52 bits per heavy atom. The summed E-state index contributed by atoms with van der Waals surface area (Å²) in [5.41, 5.74) is 2.49. The van der Waals surface area contributed by atoms with Gasteiger partial charge in [-0.25, -0.2) is 9.37 Å². The molecule has 1 aliphatic rings. The van der Waals surface area contributed by atoms with E-state index in [0.29, 0.717) is 10.9 Å². The summed E-state index contributed by atoms with van der Waals surface area (Å²) in [6.45, 7) is 11.8. The van der Waals surface area contributed by atoms with Gasteiger partial charge in [-0.05, 0) is 63.5 Å². The zero-order valence-electron chi connectivity index (χ0n) is 16.6. The second-order valence-corrected chi connectivity index (χ2v) is 8.14. The molecule has 4 nitrogen and oxygen atoms in total. The number of nitrogens with zero attached hydrogens (tertiary/aromatic N) is 3. The number of likely N-dealkylation sites (tertiary alicyclic amines) is 1. The van der Waals surface area contributed by atoms with Crippen LogP contribution in [-0.4, -0.2) is 52.9 Å². The van der Waals surface area contributed by atoms with Crippen molar-refractivity contribution in [3.8, 4) is 10.6 Å². The van der Waals surface area contributed by atoms with E-state index < -0.39 is 0 Å². The lowest BCUT2D eigenvalue weighted by Crippen LogP contribution is -2.46. The highest BCUT2D eigenvalue weighted by molar-refractivity contribution is 7.17. The molecule has 0 unspecified atom stereocenters. The standard InChI is InChI=1S/C21H28FN3OS/c1-5-24(6-2)17-9-11-25(12-10-17)21(26)19-15(4)23-20(27-19)18-8-7-16(22)13-14(18)3/h7-8,13,17H,5-6,9-12H2,1-4H3. The molecule has 1 amide bonds. The number of amides is 1. The zero-order valence-corrected chi connectivity index (χ0v) is 17.4. The van der Waals surface area contributed by atoms with Crippen molar-refractivity contribution in [3.05, 3.63) is 40.2 Å². The summed E-state index contributed by atoms with van der Waals surface area (Å²) in [7, 11) is 0. The molecule has 2 heterocycles. The summed E-state index contributed by atoms with van der Waals surface area (Å²) in [4.78, 5) is 22.8. The minimum atomic E-state index is -0.253. The van der Waals surface area contributed by atoms with Crippen LogP contribution in [0.5, 0.6) is 0 Å². The highest BCUT2D eigenvalue weighted by Crippen LogP contribution is 2.32. The molecule has 0 N–H and O–H groups in total. The molecule has 6 heteroatoms. The summed E-state index contributed by atoms with van der Waals surface area (Å²) >= 11 is 1.42. The van der Waals surface area contributed by atoms with Crippen LogP contribution in [0.2, 0.25) is 0 Å². The summed E-state index contributed by atoms with van der Waals surface area (Å²) in [6.07, 6.45) is 2.05. The Balaban J connectivity index is 1.74. The number of thiazole rings is 1. The molecule has 1 aromatic heterocycles. The number of aryl methyl sites for hydroxylation is 2. The average Bonchev–Trinajstić information content (AvgIpc) is 3.04. The highest BCUT2D eigenvalue weighted by atomic mass is 32.1. The molecule has 3 rings (SSSR count). The normalized spacial score (nSPS) is 15.6. The van der Waals surface area contributed by atoms with Crippen molar-refractivity contribution in [3.63, 3.8) is 0 Å². The largest absolute Gasteiger partial charge is 0.338 e. The summed E-state index contributed by atoms with van der Waals surface area (Å²) in [6, 6.07) is 5.26. The molecular formula is C21H28FN3OS. The predicted molar refractivity (Wildman–Crippen MR) is 109 cm³/mol. The maximum absolute atomic E-state index is 13.4. The molecule has 1 fully saturated rings. The van der Waals surface area contributed by atoms with Crippen molar-refractivity contribution >= 4 is 17.2 Å². The maximum Gasteiger partial charge on any atom is 0.265 e. The van der Waals surface area contributed by atoms with Crippen LogP contribution in [0.1, 0.15) is 47.6 Å². The third-order valence-corrected chi connectivity index (χ3v) is 6.67. The second-order valence-electron chi connectivity index (χ2n) is 7.14. The van der Waals surface area contributed by atoms with Crippen LogP contribution in [0.25, 0.3) is 10.6 Å². The zero-order chi connectivity index (χ0) is 19.6. The Labute approximate surface area is 165 Å². The number of rotatable bonds is 5. The number of piperidine rings is 1. The number of carbonyl (C=O) groups excluding carboxylic acids is 1. The van der Waals surface area contributed by atoms with E-state index in [1.165, 1.54) is 23.5 Å². The van der Waals surface area contributed by atoms with Gasteiger partial charge in [0, 0.05) is 24.7 Å². The fourth-order valence-corrected chi connectivity index (χ4v) is 5.02. The van der Waals surface area contributed by atoms with Crippen molar-refractivity contribution in [2.45, 2.75) is 46.6 Å². The number of halogens is 1. The van der Waals surface area contributed by atoms with Crippen LogP contribution in [0.3, 0.4) is 0 Å². The van der Waals surface area contributed by atoms with E-state index in [-0.39, 0.29) is 11.7 Å². The summed E-state index contributed by atoms with van der Waals surface area (Å²) in [5.74, 6) is -0.175. The Hall–Kier alpha value is -1.79. The lowest BCUT2D eigenvalue weighted by Gasteiger charge is -2.37. The monoisotopic (exact) mass is 389 g/mol. The number of benzene rings is 1. The molecule has 1 saturated heterocycles. The summed E-state index contributed by atoms with van der Waals surface area (Å²) in [5, 5.41) is 0.784. The van der Waals surface area contributed by atoms with E-state index >= 15 is 0 Å². The molecule has 0 radical (unpaired) electrons. The van der Waals surface area contributed by atoms with Crippen LogP contribution in [-0.2, 0) is 0 Å². The SMILES string of the molecule is CCN(CC)C1CCN(C(=O)c2sc(-c3ccc(F)cc3C)nc2C)CC1. The first-order chi connectivity index (χ1) is 12.9. The van der Waals surface area contributed by atoms with E-state index in [4.69, 9.17) is 0 Å². The Bertz CT molecular complexity index is 808. The lowest BCUT2D eigenvalue weighted by atomic mass is 10.0. The fraction of sp³-hybridized carbons (Fsp3) is 0.524. The molecule has 0 spiro atoms. The first-order valence-corrected chi connectivity index (χ1v) is 10.5. The van der Waals surface area contributed by atoms with Crippen molar-refractivity contribution in [1.29, 1.82) is 0 Å². The molecule has 2 aromatic rings. The Morgan fingerprint density at radius 1 is 1.26 bits per heavy atom. The van der Waals surface area contributed by atoms with Gasteiger partial charge in [0.25, 0.3) is 5.91 Å². The molecule has 1 aliphatic heterocycles. The van der Waals surface area contributed by atoms with Crippen LogP contribution in [0, 0.1) is 19.7 Å². The third kappa shape index (κ3) is 4.22. The van der Waals surface area contributed by atoms with Gasteiger partial charge in [0.05, 0.1) is 5.69 Å². The number of aromatic nitrogens is 1. The smallest absolute Gasteiger partial charge is 0.265 e. The molecular weight excluding hydrogens is 361 g/mol. The second kappa shape index (κ2) is 8.48. The lowest BCUT2D eigenvalue weighted by molar-refractivity contribution is 0.0635. The Morgan fingerprint density at radius 2 is 1.93 bits per heavy atom. The molecule has 0 saturated carbocycles. The molecule has 0 aliphatic carbocycles. The summed E-state index contributed by atoms with van der Waals surface area (Å²) < 4.78 is 13.4. The van der Waals surface area contributed by atoms with Gasteiger partial charge >= 0.3 is 0 Å². The van der Waals surface area contributed by atoms with Crippen molar-refractivity contribution < 1.29 is 9.18 Å². The first kappa shape index (κ1) is 20.0. The van der Waals surface area contributed by atoms with Crippen LogP contribution >= 0.6 is 11.3 Å². The fourth-order valence-electron chi connectivity index (χ4n) is 3.89. The van der Waals surface area contributed by atoms with Gasteiger partial charge in [0.2, 0.25) is 0 Å².